The van der Waals surface area contributed by atoms with Crippen LogP contribution in [0.15, 0.2) is 43.0 Å². The number of benzene rings is 1. The van der Waals surface area contributed by atoms with Crippen molar-refractivity contribution in [2.45, 2.75) is 57.9 Å². The van der Waals surface area contributed by atoms with Gasteiger partial charge in [0.2, 0.25) is 0 Å². The van der Waals surface area contributed by atoms with E-state index in [1.165, 1.54) is 44.1 Å². The van der Waals surface area contributed by atoms with E-state index in [1.807, 2.05) is 6.08 Å². The third-order valence-corrected chi connectivity index (χ3v) is 3.58. The first-order chi connectivity index (χ1) is 9.36. The highest BCUT2D eigenvalue weighted by Crippen LogP contribution is 2.11. The number of hydrogen-bond donors (Lipinski definition) is 1. The molecule has 1 nitrogen and oxygen atoms in total. The fourth-order valence-electron chi connectivity index (χ4n) is 2.48. The molecule has 1 atom stereocenters. The molecule has 0 amide bonds. The molecule has 0 aliphatic heterocycles. The Hall–Kier alpha value is -1.08. The third-order valence-electron chi connectivity index (χ3n) is 3.58. The molecule has 0 spiro atoms. The summed E-state index contributed by atoms with van der Waals surface area (Å²) in [5.41, 5.74) is 1.46. The minimum absolute atomic E-state index is 0.675. The largest absolute Gasteiger partial charge is 0.314 e. The van der Waals surface area contributed by atoms with E-state index in [1.54, 1.807) is 0 Å². The van der Waals surface area contributed by atoms with E-state index in [4.69, 9.17) is 0 Å². The molecule has 1 aromatic rings. The minimum atomic E-state index is 0.675. The molecule has 1 aromatic carbocycles. The molecule has 0 fully saturated rings. The molecule has 0 aliphatic carbocycles. The first-order valence-corrected chi connectivity index (χ1v) is 7.75. The summed E-state index contributed by atoms with van der Waals surface area (Å²) in [6, 6.07) is 11.5. The van der Waals surface area contributed by atoms with Crippen molar-refractivity contribution in [1.82, 2.24) is 5.32 Å². The summed E-state index contributed by atoms with van der Waals surface area (Å²) >= 11 is 0. The van der Waals surface area contributed by atoms with Gasteiger partial charge in [-0.3, -0.25) is 0 Å². The molecule has 0 saturated carbocycles. The lowest BCUT2D eigenvalue weighted by molar-refractivity contribution is 0.442. The van der Waals surface area contributed by atoms with Crippen molar-refractivity contribution in [2.75, 3.05) is 6.54 Å². The highest BCUT2D eigenvalue weighted by atomic mass is 14.9. The maximum absolute atomic E-state index is 3.77. The smallest absolute Gasteiger partial charge is 0.00701 e. The van der Waals surface area contributed by atoms with Crippen LogP contribution in [0.1, 0.15) is 51.0 Å². The fraction of sp³-hybridized carbons (Fsp3) is 0.556. The van der Waals surface area contributed by atoms with E-state index in [2.05, 4.69) is 49.2 Å². The molecule has 0 bridgehead atoms. The average molecular weight is 259 g/mol. The number of hydrogen-bond acceptors (Lipinski definition) is 1. The average Bonchev–Trinajstić information content (AvgIpc) is 2.45. The second kappa shape index (κ2) is 10.8. The van der Waals surface area contributed by atoms with E-state index in [9.17, 15) is 0 Å². The number of unbranched alkanes of at least 4 members (excludes halogenated alkanes) is 3. The van der Waals surface area contributed by atoms with Crippen LogP contribution >= 0.6 is 0 Å². The van der Waals surface area contributed by atoms with Crippen molar-refractivity contribution in [3.05, 3.63) is 48.6 Å². The van der Waals surface area contributed by atoms with Crippen LogP contribution in [0.3, 0.4) is 0 Å². The molecule has 0 saturated heterocycles. The zero-order valence-corrected chi connectivity index (χ0v) is 12.4. The van der Waals surface area contributed by atoms with Crippen molar-refractivity contribution in [1.29, 1.82) is 0 Å². The maximum Gasteiger partial charge on any atom is 0.00701 e. The summed E-state index contributed by atoms with van der Waals surface area (Å²) in [6.45, 7) is 7.05. The van der Waals surface area contributed by atoms with Gasteiger partial charge in [0.15, 0.2) is 0 Å². The number of nitrogens with one attached hydrogen (secondary N) is 1. The number of allylic oxidation sites excluding steroid dienone is 1. The Balaban J connectivity index is 2.22. The summed E-state index contributed by atoms with van der Waals surface area (Å²) in [5, 5.41) is 3.62. The van der Waals surface area contributed by atoms with Gasteiger partial charge in [-0.2, -0.15) is 0 Å². The Kier molecular flexibility index (Phi) is 9.09. The Bertz CT molecular complexity index is 318. The lowest BCUT2D eigenvalue weighted by Crippen LogP contribution is -2.29. The minimum Gasteiger partial charge on any atom is -0.314 e. The molecular formula is C18H29N. The Morgan fingerprint density at radius 1 is 1.11 bits per heavy atom. The van der Waals surface area contributed by atoms with Crippen molar-refractivity contribution >= 4 is 0 Å². The van der Waals surface area contributed by atoms with Crippen molar-refractivity contribution in [3.8, 4) is 0 Å². The van der Waals surface area contributed by atoms with Gasteiger partial charge in [0.1, 0.15) is 0 Å². The Morgan fingerprint density at radius 2 is 1.89 bits per heavy atom. The molecule has 0 heterocycles. The van der Waals surface area contributed by atoms with Gasteiger partial charge in [-0.15, -0.1) is 6.58 Å². The van der Waals surface area contributed by atoms with Gasteiger partial charge < -0.3 is 5.32 Å². The van der Waals surface area contributed by atoms with E-state index < -0.39 is 0 Å². The summed E-state index contributed by atoms with van der Waals surface area (Å²) < 4.78 is 0. The van der Waals surface area contributed by atoms with Crippen LogP contribution in [0.25, 0.3) is 0 Å². The summed E-state index contributed by atoms with van der Waals surface area (Å²) in [6.07, 6.45) is 10.9. The first-order valence-electron chi connectivity index (χ1n) is 7.75. The SMILES string of the molecule is C=CCCCCCC(CCc1ccccc1)NCC. The van der Waals surface area contributed by atoms with Gasteiger partial charge in [-0.1, -0.05) is 56.2 Å². The van der Waals surface area contributed by atoms with Crippen molar-refractivity contribution in [3.63, 3.8) is 0 Å². The standard InChI is InChI=1S/C18H29N/c1-3-5-6-7-11-14-18(19-4-2)16-15-17-12-9-8-10-13-17/h3,8-10,12-13,18-19H,1,4-7,11,14-16H2,2H3. The summed E-state index contributed by atoms with van der Waals surface area (Å²) in [4.78, 5) is 0. The van der Waals surface area contributed by atoms with Crippen LogP contribution < -0.4 is 5.32 Å². The molecule has 1 rings (SSSR count). The predicted molar refractivity (Wildman–Crippen MR) is 85.5 cm³/mol. The van der Waals surface area contributed by atoms with Crippen LogP contribution in [0.2, 0.25) is 0 Å². The van der Waals surface area contributed by atoms with Crippen molar-refractivity contribution in [2.24, 2.45) is 0 Å². The molecular weight excluding hydrogens is 230 g/mol. The van der Waals surface area contributed by atoms with Crippen LogP contribution in [-0.4, -0.2) is 12.6 Å². The molecule has 106 valence electrons. The Labute approximate surface area is 119 Å². The van der Waals surface area contributed by atoms with Crippen LogP contribution in [0, 0.1) is 0 Å². The van der Waals surface area contributed by atoms with Gasteiger partial charge in [0.05, 0.1) is 0 Å². The highest BCUT2D eigenvalue weighted by Gasteiger charge is 2.07. The lowest BCUT2D eigenvalue weighted by atomic mass is 10.00. The Morgan fingerprint density at radius 3 is 2.58 bits per heavy atom. The van der Waals surface area contributed by atoms with Gasteiger partial charge in [0, 0.05) is 6.04 Å². The van der Waals surface area contributed by atoms with Crippen LogP contribution in [-0.2, 0) is 6.42 Å². The predicted octanol–water partition coefficient (Wildman–Crippen LogP) is 4.73. The topological polar surface area (TPSA) is 12.0 Å². The molecule has 0 radical (unpaired) electrons. The quantitative estimate of drug-likeness (QED) is 0.447. The molecule has 0 aromatic heterocycles. The van der Waals surface area contributed by atoms with E-state index in [-0.39, 0.29) is 0 Å². The van der Waals surface area contributed by atoms with Crippen molar-refractivity contribution < 1.29 is 0 Å². The van der Waals surface area contributed by atoms with Crippen LogP contribution in [0.5, 0.6) is 0 Å². The first kappa shape index (κ1) is 16.0. The van der Waals surface area contributed by atoms with Gasteiger partial charge in [-0.25, -0.2) is 0 Å². The van der Waals surface area contributed by atoms with Gasteiger partial charge in [-0.05, 0) is 44.2 Å². The van der Waals surface area contributed by atoms with E-state index >= 15 is 0 Å². The molecule has 1 unspecified atom stereocenters. The lowest BCUT2D eigenvalue weighted by Gasteiger charge is -2.17. The van der Waals surface area contributed by atoms with Crippen LogP contribution in [0.4, 0.5) is 0 Å². The van der Waals surface area contributed by atoms with E-state index in [0.717, 1.165) is 13.0 Å². The molecule has 19 heavy (non-hydrogen) atoms. The molecule has 1 N–H and O–H groups in total. The highest BCUT2D eigenvalue weighted by molar-refractivity contribution is 5.14. The normalized spacial score (nSPS) is 12.3. The molecule has 0 aliphatic rings. The summed E-state index contributed by atoms with van der Waals surface area (Å²) in [5.74, 6) is 0. The number of aryl methyl sites for hydroxylation is 1. The summed E-state index contributed by atoms with van der Waals surface area (Å²) in [7, 11) is 0. The monoisotopic (exact) mass is 259 g/mol. The zero-order valence-electron chi connectivity index (χ0n) is 12.4. The second-order valence-electron chi connectivity index (χ2n) is 5.21. The van der Waals surface area contributed by atoms with E-state index in [0.29, 0.717) is 6.04 Å². The second-order valence-corrected chi connectivity index (χ2v) is 5.21. The fourth-order valence-corrected chi connectivity index (χ4v) is 2.48. The van der Waals surface area contributed by atoms with Gasteiger partial charge >= 0.3 is 0 Å². The third kappa shape index (κ3) is 7.84. The molecule has 1 heteroatoms. The maximum atomic E-state index is 3.77. The zero-order chi connectivity index (χ0) is 13.8. The number of rotatable bonds is 11. The van der Waals surface area contributed by atoms with Gasteiger partial charge in [0.25, 0.3) is 0 Å².